The maximum atomic E-state index is 12.9. The number of piperidine rings is 1. The SMILES string of the molecule is CC(C(=O)NC(C)(C)C)N1CCC(C(=O)NCc2ccc(F)cc2)CC1. The summed E-state index contributed by atoms with van der Waals surface area (Å²) in [6.45, 7) is 9.68. The van der Waals surface area contributed by atoms with Crippen molar-refractivity contribution in [1.29, 1.82) is 0 Å². The molecule has 0 radical (unpaired) electrons. The molecule has 0 spiro atoms. The Morgan fingerprint density at radius 1 is 1.19 bits per heavy atom. The van der Waals surface area contributed by atoms with Crippen LogP contribution in [0.4, 0.5) is 4.39 Å². The molecular weight excluding hydrogens is 333 g/mol. The largest absolute Gasteiger partial charge is 0.352 e. The fourth-order valence-corrected chi connectivity index (χ4v) is 3.12. The van der Waals surface area contributed by atoms with Gasteiger partial charge >= 0.3 is 0 Å². The van der Waals surface area contributed by atoms with E-state index in [1.54, 1.807) is 12.1 Å². The van der Waals surface area contributed by atoms with Crippen LogP contribution in [0.1, 0.15) is 46.1 Å². The van der Waals surface area contributed by atoms with Crippen LogP contribution in [0.2, 0.25) is 0 Å². The minimum Gasteiger partial charge on any atom is -0.352 e. The van der Waals surface area contributed by atoms with Crippen LogP contribution in [0.3, 0.4) is 0 Å². The molecule has 26 heavy (non-hydrogen) atoms. The molecule has 1 atom stereocenters. The van der Waals surface area contributed by atoms with Crippen molar-refractivity contribution in [2.24, 2.45) is 5.92 Å². The summed E-state index contributed by atoms with van der Waals surface area (Å²) in [5.74, 6) is -0.265. The minimum absolute atomic E-state index is 0.0247. The molecular formula is C20H30FN3O2. The Bertz CT molecular complexity index is 617. The first-order valence-electron chi connectivity index (χ1n) is 9.24. The van der Waals surface area contributed by atoms with Crippen molar-refractivity contribution >= 4 is 11.8 Å². The Morgan fingerprint density at radius 3 is 2.31 bits per heavy atom. The van der Waals surface area contributed by atoms with E-state index in [4.69, 9.17) is 0 Å². The second-order valence-electron chi connectivity index (χ2n) is 8.07. The molecule has 1 aromatic rings. The minimum atomic E-state index is -0.280. The van der Waals surface area contributed by atoms with E-state index in [0.717, 1.165) is 31.5 Å². The number of hydrogen-bond acceptors (Lipinski definition) is 3. The van der Waals surface area contributed by atoms with Crippen LogP contribution in [0.15, 0.2) is 24.3 Å². The normalized spacial score (nSPS) is 17.6. The number of likely N-dealkylation sites (tertiary alicyclic amines) is 1. The molecule has 5 nitrogen and oxygen atoms in total. The van der Waals surface area contributed by atoms with Crippen LogP contribution < -0.4 is 10.6 Å². The van der Waals surface area contributed by atoms with E-state index in [1.807, 2.05) is 27.7 Å². The van der Waals surface area contributed by atoms with Crippen molar-refractivity contribution in [3.8, 4) is 0 Å². The third-order valence-electron chi connectivity index (χ3n) is 4.71. The number of amides is 2. The highest BCUT2D eigenvalue weighted by Gasteiger charge is 2.30. The lowest BCUT2D eigenvalue weighted by Gasteiger charge is -2.36. The molecule has 2 N–H and O–H groups in total. The summed E-state index contributed by atoms with van der Waals surface area (Å²) in [5.41, 5.74) is 0.633. The highest BCUT2D eigenvalue weighted by molar-refractivity contribution is 5.82. The first-order valence-corrected chi connectivity index (χ1v) is 9.24. The zero-order valence-electron chi connectivity index (χ0n) is 16.1. The third-order valence-corrected chi connectivity index (χ3v) is 4.71. The van der Waals surface area contributed by atoms with Gasteiger partial charge in [0.2, 0.25) is 11.8 Å². The quantitative estimate of drug-likeness (QED) is 0.845. The molecule has 2 amide bonds. The van der Waals surface area contributed by atoms with Gasteiger partial charge in [0.15, 0.2) is 0 Å². The fraction of sp³-hybridized carbons (Fsp3) is 0.600. The maximum Gasteiger partial charge on any atom is 0.237 e. The predicted molar refractivity (Wildman–Crippen MR) is 99.9 cm³/mol. The predicted octanol–water partition coefficient (Wildman–Crippen LogP) is 2.46. The van der Waals surface area contributed by atoms with Gasteiger partial charge in [-0.1, -0.05) is 12.1 Å². The summed E-state index contributed by atoms with van der Waals surface area (Å²) >= 11 is 0. The molecule has 0 aromatic heterocycles. The van der Waals surface area contributed by atoms with Crippen molar-refractivity contribution < 1.29 is 14.0 Å². The second-order valence-corrected chi connectivity index (χ2v) is 8.07. The number of carbonyl (C=O) groups excluding carboxylic acids is 2. The van der Waals surface area contributed by atoms with Crippen LogP contribution in [0.25, 0.3) is 0 Å². The number of nitrogens with one attached hydrogen (secondary N) is 2. The van der Waals surface area contributed by atoms with Crippen LogP contribution >= 0.6 is 0 Å². The molecule has 144 valence electrons. The maximum absolute atomic E-state index is 12.9. The van der Waals surface area contributed by atoms with E-state index in [0.29, 0.717) is 6.54 Å². The standard InChI is InChI=1S/C20H30FN3O2/c1-14(18(25)23-20(2,3)4)24-11-9-16(10-12-24)19(26)22-13-15-5-7-17(21)8-6-15/h5-8,14,16H,9-13H2,1-4H3,(H,22,26)(H,23,25). The first kappa shape index (κ1) is 20.4. The smallest absolute Gasteiger partial charge is 0.237 e. The van der Waals surface area contributed by atoms with Gasteiger partial charge < -0.3 is 10.6 Å². The average molecular weight is 363 g/mol. The van der Waals surface area contributed by atoms with Crippen molar-refractivity contribution in [3.05, 3.63) is 35.6 Å². The Hall–Kier alpha value is -1.95. The van der Waals surface area contributed by atoms with E-state index >= 15 is 0 Å². The van der Waals surface area contributed by atoms with Gasteiger partial charge in [0.25, 0.3) is 0 Å². The van der Waals surface area contributed by atoms with Gasteiger partial charge in [-0.2, -0.15) is 0 Å². The van der Waals surface area contributed by atoms with Gasteiger partial charge in [0.1, 0.15) is 5.82 Å². The summed E-state index contributed by atoms with van der Waals surface area (Å²) in [4.78, 5) is 26.8. The zero-order valence-corrected chi connectivity index (χ0v) is 16.1. The summed E-state index contributed by atoms with van der Waals surface area (Å²) < 4.78 is 12.9. The monoisotopic (exact) mass is 363 g/mol. The number of benzene rings is 1. The number of nitrogens with zero attached hydrogens (tertiary/aromatic N) is 1. The second kappa shape index (κ2) is 8.62. The van der Waals surface area contributed by atoms with Crippen LogP contribution in [-0.2, 0) is 16.1 Å². The van der Waals surface area contributed by atoms with E-state index in [1.165, 1.54) is 12.1 Å². The number of hydrogen-bond donors (Lipinski definition) is 2. The Kier molecular flexibility index (Phi) is 6.75. The fourth-order valence-electron chi connectivity index (χ4n) is 3.12. The van der Waals surface area contributed by atoms with Crippen molar-refractivity contribution in [3.63, 3.8) is 0 Å². The molecule has 6 heteroatoms. The summed E-state index contributed by atoms with van der Waals surface area (Å²) in [6, 6.07) is 5.94. The summed E-state index contributed by atoms with van der Waals surface area (Å²) in [7, 11) is 0. The lowest BCUT2D eigenvalue weighted by Crippen LogP contribution is -2.53. The molecule has 1 fully saturated rings. The molecule has 2 rings (SSSR count). The van der Waals surface area contributed by atoms with Crippen molar-refractivity contribution in [1.82, 2.24) is 15.5 Å². The van der Waals surface area contributed by atoms with E-state index in [9.17, 15) is 14.0 Å². The third kappa shape index (κ3) is 6.09. The van der Waals surface area contributed by atoms with Gasteiger partial charge in [-0.15, -0.1) is 0 Å². The van der Waals surface area contributed by atoms with E-state index in [2.05, 4.69) is 15.5 Å². The highest BCUT2D eigenvalue weighted by atomic mass is 19.1. The molecule has 1 saturated heterocycles. The zero-order chi connectivity index (χ0) is 19.3. The van der Waals surface area contributed by atoms with Gasteiger partial charge in [0.05, 0.1) is 6.04 Å². The molecule has 1 unspecified atom stereocenters. The molecule has 0 saturated carbocycles. The lowest BCUT2D eigenvalue weighted by molar-refractivity contribution is -0.129. The Balaban J connectivity index is 1.77. The van der Waals surface area contributed by atoms with Gasteiger partial charge in [-0.3, -0.25) is 14.5 Å². The highest BCUT2D eigenvalue weighted by Crippen LogP contribution is 2.20. The van der Waals surface area contributed by atoms with Crippen LogP contribution in [0, 0.1) is 11.7 Å². The summed E-state index contributed by atoms with van der Waals surface area (Å²) in [6.07, 6.45) is 1.48. The van der Waals surface area contributed by atoms with Crippen LogP contribution in [-0.4, -0.2) is 41.4 Å². The lowest BCUT2D eigenvalue weighted by atomic mass is 9.94. The van der Waals surface area contributed by atoms with Crippen molar-refractivity contribution in [2.75, 3.05) is 13.1 Å². The Labute approximate surface area is 155 Å². The van der Waals surface area contributed by atoms with E-state index in [-0.39, 0.29) is 35.1 Å². The topological polar surface area (TPSA) is 61.4 Å². The van der Waals surface area contributed by atoms with Gasteiger partial charge in [-0.25, -0.2) is 4.39 Å². The van der Waals surface area contributed by atoms with Crippen LogP contribution in [0.5, 0.6) is 0 Å². The average Bonchev–Trinajstić information content (AvgIpc) is 2.59. The summed E-state index contributed by atoms with van der Waals surface area (Å²) in [5, 5.41) is 5.93. The number of halogens is 1. The molecule has 1 aliphatic heterocycles. The Morgan fingerprint density at radius 2 is 1.77 bits per heavy atom. The van der Waals surface area contributed by atoms with E-state index < -0.39 is 0 Å². The van der Waals surface area contributed by atoms with Gasteiger partial charge in [0, 0.05) is 18.0 Å². The van der Waals surface area contributed by atoms with Crippen molar-refractivity contribution in [2.45, 2.75) is 58.7 Å². The number of rotatable bonds is 5. The molecule has 0 bridgehead atoms. The van der Waals surface area contributed by atoms with Gasteiger partial charge in [-0.05, 0) is 71.3 Å². The first-order chi connectivity index (χ1) is 12.2. The molecule has 1 aliphatic rings. The molecule has 1 aromatic carbocycles. The number of carbonyl (C=O) groups is 2. The molecule has 0 aliphatic carbocycles. The molecule has 1 heterocycles.